The molecule has 0 unspecified atom stereocenters. The Labute approximate surface area is 118 Å². The Hall–Kier alpha value is -1.80. The number of benzene rings is 2. The Morgan fingerprint density at radius 3 is 2.32 bits per heavy atom. The molecule has 2 aromatic carbocycles. The number of rotatable bonds is 3. The Kier molecular flexibility index (Phi) is 4.23. The average Bonchev–Trinajstić information content (AvgIpc) is 2.37. The van der Waals surface area contributed by atoms with Gasteiger partial charge in [-0.3, -0.25) is 4.79 Å². The molecule has 2 nitrogen and oxygen atoms in total. The van der Waals surface area contributed by atoms with Crippen molar-refractivity contribution in [1.29, 1.82) is 0 Å². The lowest BCUT2D eigenvalue weighted by Crippen LogP contribution is -2.24. The van der Waals surface area contributed by atoms with Crippen LogP contribution in [0.15, 0.2) is 42.5 Å². The van der Waals surface area contributed by atoms with Crippen molar-refractivity contribution in [3.8, 4) is 0 Å². The minimum absolute atomic E-state index is 0.0597. The molecule has 3 heteroatoms. The number of halogens is 1. The van der Waals surface area contributed by atoms with E-state index < -0.39 is 0 Å². The fourth-order valence-corrected chi connectivity index (χ4v) is 2.28. The molecule has 0 aliphatic heterocycles. The zero-order chi connectivity index (χ0) is 13.8. The van der Waals surface area contributed by atoms with Crippen LogP contribution in [0.3, 0.4) is 0 Å². The van der Waals surface area contributed by atoms with Crippen LogP contribution in [-0.4, -0.2) is 5.91 Å². The second-order valence-electron chi connectivity index (χ2n) is 4.54. The van der Waals surface area contributed by atoms with Crippen molar-refractivity contribution in [2.75, 3.05) is 0 Å². The molecule has 0 atom stereocenters. The summed E-state index contributed by atoms with van der Waals surface area (Å²) in [4.78, 5) is 12.2. The molecule has 0 aliphatic rings. The highest BCUT2D eigenvalue weighted by Crippen LogP contribution is 2.16. The monoisotopic (exact) mass is 273 g/mol. The zero-order valence-corrected chi connectivity index (χ0v) is 11.8. The van der Waals surface area contributed by atoms with Crippen LogP contribution in [0.25, 0.3) is 0 Å². The van der Waals surface area contributed by atoms with E-state index in [1.54, 1.807) is 0 Å². The molecule has 0 heterocycles. The van der Waals surface area contributed by atoms with Crippen LogP contribution in [0.5, 0.6) is 0 Å². The van der Waals surface area contributed by atoms with Gasteiger partial charge in [0.1, 0.15) is 0 Å². The fourth-order valence-electron chi connectivity index (χ4n) is 2.08. The van der Waals surface area contributed by atoms with E-state index in [0.717, 1.165) is 22.3 Å². The van der Waals surface area contributed by atoms with Crippen molar-refractivity contribution in [2.45, 2.75) is 20.4 Å². The van der Waals surface area contributed by atoms with Crippen LogP contribution >= 0.6 is 11.6 Å². The first-order valence-electron chi connectivity index (χ1n) is 6.17. The Morgan fingerprint density at radius 2 is 1.68 bits per heavy atom. The number of hydrogen-bond donors (Lipinski definition) is 1. The fraction of sp³-hybridized carbons (Fsp3) is 0.188. The molecule has 2 rings (SSSR count). The lowest BCUT2D eigenvalue weighted by molar-refractivity contribution is 0.0949. The van der Waals surface area contributed by atoms with Crippen LogP contribution < -0.4 is 5.32 Å². The summed E-state index contributed by atoms with van der Waals surface area (Å²) in [7, 11) is 0. The number of nitrogens with one attached hydrogen (secondary N) is 1. The molecule has 0 fully saturated rings. The molecule has 0 bridgehead atoms. The first kappa shape index (κ1) is 13.6. The van der Waals surface area contributed by atoms with Gasteiger partial charge in [-0.25, -0.2) is 0 Å². The maximum atomic E-state index is 12.2. The molecule has 1 N–H and O–H groups in total. The first-order chi connectivity index (χ1) is 9.09. The molecule has 1 amide bonds. The van der Waals surface area contributed by atoms with E-state index in [0.29, 0.717) is 11.6 Å². The van der Waals surface area contributed by atoms with Gasteiger partial charge in [0.25, 0.3) is 5.91 Å². The van der Waals surface area contributed by atoms with Gasteiger partial charge in [-0.1, -0.05) is 48.0 Å². The number of hydrogen-bond acceptors (Lipinski definition) is 1. The molecule has 2 aromatic rings. The second-order valence-corrected chi connectivity index (χ2v) is 4.95. The van der Waals surface area contributed by atoms with Gasteiger partial charge in [-0.2, -0.15) is 0 Å². The summed E-state index contributed by atoms with van der Waals surface area (Å²) < 4.78 is 0. The van der Waals surface area contributed by atoms with Crippen molar-refractivity contribution >= 4 is 17.5 Å². The minimum Gasteiger partial charge on any atom is -0.348 e. The molecule has 0 radical (unpaired) electrons. The molecule has 98 valence electrons. The van der Waals surface area contributed by atoms with Gasteiger partial charge in [0.2, 0.25) is 0 Å². The summed E-state index contributed by atoms with van der Waals surface area (Å²) in [6.07, 6.45) is 0. The van der Waals surface area contributed by atoms with Crippen molar-refractivity contribution in [1.82, 2.24) is 5.32 Å². The molecule has 19 heavy (non-hydrogen) atoms. The van der Waals surface area contributed by atoms with Crippen molar-refractivity contribution in [2.24, 2.45) is 0 Å². The van der Waals surface area contributed by atoms with E-state index in [1.165, 1.54) is 0 Å². The van der Waals surface area contributed by atoms with E-state index >= 15 is 0 Å². The second kappa shape index (κ2) is 5.89. The Balaban J connectivity index is 2.13. The van der Waals surface area contributed by atoms with Crippen molar-refractivity contribution in [3.05, 3.63) is 69.7 Å². The van der Waals surface area contributed by atoms with E-state index in [-0.39, 0.29) is 5.91 Å². The third kappa shape index (κ3) is 3.15. The van der Waals surface area contributed by atoms with Gasteiger partial charge in [-0.15, -0.1) is 0 Å². The van der Waals surface area contributed by atoms with Crippen LogP contribution in [0.4, 0.5) is 0 Å². The predicted molar refractivity (Wildman–Crippen MR) is 78.5 cm³/mol. The average molecular weight is 274 g/mol. The van der Waals surface area contributed by atoms with E-state index in [1.807, 2.05) is 56.3 Å². The summed E-state index contributed by atoms with van der Waals surface area (Å²) in [6.45, 7) is 4.32. The standard InChI is InChI=1S/C16H16ClNO/c1-11-6-5-7-12(2)15(11)16(19)18-10-13-8-3-4-9-14(13)17/h3-9H,10H2,1-2H3,(H,18,19). The van der Waals surface area contributed by atoms with E-state index in [9.17, 15) is 4.79 Å². The highest BCUT2D eigenvalue weighted by Gasteiger charge is 2.11. The summed E-state index contributed by atoms with van der Waals surface area (Å²) >= 11 is 6.06. The SMILES string of the molecule is Cc1cccc(C)c1C(=O)NCc1ccccc1Cl. The maximum Gasteiger partial charge on any atom is 0.252 e. The molecular weight excluding hydrogens is 258 g/mol. The maximum absolute atomic E-state index is 12.2. The van der Waals surface area contributed by atoms with Gasteiger partial charge in [-0.05, 0) is 36.6 Å². The van der Waals surface area contributed by atoms with Crippen LogP contribution in [0, 0.1) is 13.8 Å². The number of aryl methyl sites for hydroxylation is 2. The van der Waals surface area contributed by atoms with Crippen molar-refractivity contribution in [3.63, 3.8) is 0 Å². The molecule has 0 spiro atoms. The lowest BCUT2D eigenvalue weighted by atomic mass is 10.0. The molecule has 0 saturated heterocycles. The number of amides is 1. The molecule has 0 aromatic heterocycles. The zero-order valence-electron chi connectivity index (χ0n) is 11.0. The Morgan fingerprint density at radius 1 is 1.05 bits per heavy atom. The summed E-state index contributed by atoms with van der Waals surface area (Å²) in [6, 6.07) is 13.4. The van der Waals surface area contributed by atoms with E-state index in [4.69, 9.17) is 11.6 Å². The summed E-state index contributed by atoms with van der Waals surface area (Å²) in [5.74, 6) is -0.0597. The minimum atomic E-state index is -0.0597. The predicted octanol–water partition coefficient (Wildman–Crippen LogP) is 3.89. The van der Waals surface area contributed by atoms with Gasteiger partial charge in [0.15, 0.2) is 0 Å². The topological polar surface area (TPSA) is 29.1 Å². The van der Waals surface area contributed by atoms with Crippen LogP contribution in [0.2, 0.25) is 5.02 Å². The van der Waals surface area contributed by atoms with Gasteiger partial charge in [0, 0.05) is 17.1 Å². The normalized spacial score (nSPS) is 10.3. The molecular formula is C16H16ClNO. The summed E-state index contributed by atoms with van der Waals surface area (Å²) in [5.41, 5.74) is 3.63. The van der Waals surface area contributed by atoms with Crippen LogP contribution in [-0.2, 0) is 6.54 Å². The quantitative estimate of drug-likeness (QED) is 0.903. The van der Waals surface area contributed by atoms with Crippen molar-refractivity contribution < 1.29 is 4.79 Å². The lowest BCUT2D eigenvalue weighted by Gasteiger charge is -2.11. The third-order valence-electron chi connectivity index (χ3n) is 3.11. The van der Waals surface area contributed by atoms with Gasteiger partial charge in [0.05, 0.1) is 0 Å². The highest BCUT2D eigenvalue weighted by molar-refractivity contribution is 6.31. The van der Waals surface area contributed by atoms with Gasteiger partial charge >= 0.3 is 0 Å². The smallest absolute Gasteiger partial charge is 0.252 e. The highest BCUT2D eigenvalue weighted by atomic mass is 35.5. The largest absolute Gasteiger partial charge is 0.348 e. The summed E-state index contributed by atoms with van der Waals surface area (Å²) in [5, 5.41) is 3.59. The Bertz CT molecular complexity index is 587. The number of carbonyl (C=O) groups excluding carboxylic acids is 1. The third-order valence-corrected chi connectivity index (χ3v) is 3.47. The van der Waals surface area contributed by atoms with Crippen LogP contribution in [0.1, 0.15) is 27.0 Å². The molecule has 0 saturated carbocycles. The van der Waals surface area contributed by atoms with E-state index in [2.05, 4.69) is 5.32 Å². The van der Waals surface area contributed by atoms with Gasteiger partial charge < -0.3 is 5.32 Å². The molecule has 0 aliphatic carbocycles. The first-order valence-corrected chi connectivity index (χ1v) is 6.55. The number of carbonyl (C=O) groups is 1.